The fourth-order valence-corrected chi connectivity index (χ4v) is 2.82. The summed E-state index contributed by atoms with van der Waals surface area (Å²) >= 11 is 15.3. The number of carboxylic acid groups (broad SMARTS) is 1. The normalized spacial score (nSPS) is 10.8. The summed E-state index contributed by atoms with van der Waals surface area (Å²) in [5.74, 6) is -0.0319. The number of hydrogen-bond donors (Lipinski definition) is 1. The minimum atomic E-state index is -1.02. The molecule has 24 heavy (non-hydrogen) atoms. The minimum absolute atomic E-state index is 0.274. The summed E-state index contributed by atoms with van der Waals surface area (Å²) in [7, 11) is 1.51. The van der Waals surface area contributed by atoms with E-state index in [0.29, 0.717) is 31.6 Å². The van der Waals surface area contributed by atoms with Gasteiger partial charge in [0.25, 0.3) is 0 Å². The van der Waals surface area contributed by atoms with E-state index in [-0.39, 0.29) is 6.61 Å². The number of benzene rings is 2. The van der Waals surface area contributed by atoms with Gasteiger partial charge in [0, 0.05) is 6.08 Å². The van der Waals surface area contributed by atoms with Crippen LogP contribution in [-0.4, -0.2) is 18.2 Å². The lowest BCUT2D eigenvalue weighted by Crippen LogP contribution is -1.99. The van der Waals surface area contributed by atoms with E-state index < -0.39 is 5.97 Å². The molecule has 0 bridgehead atoms. The summed E-state index contributed by atoms with van der Waals surface area (Å²) < 4.78 is 11.8. The van der Waals surface area contributed by atoms with Crippen LogP contribution in [0.25, 0.3) is 6.08 Å². The Morgan fingerprint density at radius 3 is 2.62 bits per heavy atom. The second kappa shape index (κ2) is 8.42. The quantitative estimate of drug-likeness (QED) is 0.618. The number of carboxylic acids is 1. The van der Waals surface area contributed by atoms with Gasteiger partial charge in [0.15, 0.2) is 11.5 Å². The Morgan fingerprint density at radius 2 is 2.00 bits per heavy atom. The number of ether oxygens (including phenoxy) is 2. The SMILES string of the molecule is COc1cc(/C=C/C(=O)O)cc(Br)c1OCc1ccc(Cl)c(Cl)c1. The van der Waals surface area contributed by atoms with Gasteiger partial charge in [-0.15, -0.1) is 0 Å². The number of halogens is 3. The van der Waals surface area contributed by atoms with Crippen LogP contribution in [0.4, 0.5) is 0 Å². The third-order valence-corrected chi connectivity index (χ3v) is 4.37. The molecule has 0 saturated heterocycles. The summed E-state index contributed by atoms with van der Waals surface area (Å²) in [6, 6.07) is 8.68. The van der Waals surface area contributed by atoms with E-state index in [1.807, 2.05) is 6.07 Å². The van der Waals surface area contributed by atoms with Gasteiger partial charge in [-0.25, -0.2) is 4.79 Å². The Bertz CT molecular complexity index is 790. The van der Waals surface area contributed by atoms with Gasteiger partial charge in [0.1, 0.15) is 6.61 Å². The molecule has 2 rings (SSSR count). The fraction of sp³-hybridized carbons (Fsp3) is 0.118. The van der Waals surface area contributed by atoms with Crippen LogP contribution >= 0.6 is 39.1 Å². The van der Waals surface area contributed by atoms with Gasteiger partial charge in [-0.2, -0.15) is 0 Å². The Hall–Kier alpha value is -1.69. The Kier molecular flexibility index (Phi) is 6.54. The summed E-state index contributed by atoms with van der Waals surface area (Å²) in [6.07, 6.45) is 2.52. The van der Waals surface area contributed by atoms with Crippen LogP contribution in [0.3, 0.4) is 0 Å². The first kappa shape index (κ1) is 18.6. The van der Waals surface area contributed by atoms with Crippen molar-refractivity contribution >= 4 is 51.2 Å². The maximum atomic E-state index is 10.6. The molecule has 2 aromatic carbocycles. The van der Waals surface area contributed by atoms with Crippen LogP contribution < -0.4 is 9.47 Å². The van der Waals surface area contributed by atoms with Crippen LogP contribution in [0.5, 0.6) is 11.5 Å². The molecule has 7 heteroatoms. The highest BCUT2D eigenvalue weighted by molar-refractivity contribution is 9.10. The third kappa shape index (κ3) is 4.90. The van der Waals surface area contributed by atoms with Crippen LogP contribution in [0.1, 0.15) is 11.1 Å². The molecule has 0 aliphatic heterocycles. The summed E-state index contributed by atoms with van der Waals surface area (Å²) in [5, 5.41) is 9.64. The maximum absolute atomic E-state index is 10.6. The summed E-state index contributed by atoms with van der Waals surface area (Å²) in [6.45, 7) is 0.274. The topological polar surface area (TPSA) is 55.8 Å². The molecule has 0 amide bonds. The fourth-order valence-electron chi connectivity index (χ4n) is 1.93. The van der Waals surface area contributed by atoms with Crippen molar-refractivity contribution in [1.82, 2.24) is 0 Å². The van der Waals surface area contributed by atoms with Gasteiger partial charge >= 0.3 is 5.97 Å². The molecule has 0 fully saturated rings. The average Bonchev–Trinajstić information content (AvgIpc) is 2.54. The van der Waals surface area contributed by atoms with Crippen molar-refractivity contribution in [2.24, 2.45) is 0 Å². The van der Waals surface area contributed by atoms with Crippen molar-refractivity contribution in [3.63, 3.8) is 0 Å². The van der Waals surface area contributed by atoms with Gasteiger partial charge in [-0.3, -0.25) is 0 Å². The predicted octanol–water partition coefficient (Wildman–Crippen LogP) is 5.44. The zero-order valence-electron chi connectivity index (χ0n) is 12.6. The minimum Gasteiger partial charge on any atom is -0.493 e. The highest BCUT2D eigenvalue weighted by Gasteiger charge is 2.12. The summed E-state index contributed by atoms with van der Waals surface area (Å²) in [4.78, 5) is 10.6. The molecule has 0 spiro atoms. The number of methoxy groups -OCH3 is 1. The molecule has 0 unspecified atom stereocenters. The number of aliphatic carboxylic acids is 1. The van der Waals surface area contributed by atoms with E-state index in [0.717, 1.165) is 11.6 Å². The molecule has 0 aliphatic rings. The van der Waals surface area contributed by atoms with Crippen molar-refractivity contribution in [3.05, 3.63) is 62.1 Å². The molecule has 2 aromatic rings. The molecular weight excluding hydrogens is 419 g/mol. The first-order valence-corrected chi connectivity index (χ1v) is 8.31. The number of rotatable bonds is 6. The Balaban J connectivity index is 2.22. The third-order valence-electron chi connectivity index (χ3n) is 3.04. The van der Waals surface area contributed by atoms with Gasteiger partial charge < -0.3 is 14.6 Å². The van der Waals surface area contributed by atoms with Crippen molar-refractivity contribution in [3.8, 4) is 11.5 Å². The predicted molar refractivity (Wildman–Crippen MR) is 98.2 cm³/mol. The van der Waals surface area contributed by atoms with Gasteiger partial charge in [0.2, 0.25) is 0 Å². The second-order valence-corrected chi connectivity index (χ2v) is 6.41. The van der Waals surface area contributed by atoms with E-state index in [9.17, 15) is 4.79 Å². The molecule has 126 valence electrons. The first-order valence-electron chi connectivity index (χ1n) is 6.76. The monoisotopic (exact) mass is 430 g/mol. The van der Waals surface area contributed by atoms with E-state index in [2.05, 4.69) is 15.9 Å². The summed E-state index contributed by atoms with van der Waals surface area (Å²) in [5.41, 5.74) is 1.52. The highest BCUT2D eigenvalue weighted by atomic mass is 79.9. The molecule has 0 heterocycles. The van der Waals surface area contributed by atoms with Crippen molar-refractivity contribution in [2.75, 3.05) is 7.11 Å². The zero-order chi connectivity index (χ0) is 17.7. The van der Waals surface area contributed by atoms with Gasteiger partial charge in [0.05, 0.1) is 21.6 Å². The molecule has 0 aromatic heterocycles. The molecular formula is C17H13BrCl2O4. The molecule has 0 aliphatic carbocycles. The van der Waals surface area contributed by atoms with Crippen LogP contribution in [0, 0.1) is 0 Å². The largest absolute Gasteiger partial charge is 0.493 e. The van der Waals surface area contributed by atoms with Crippen LogP contribution in [0.2, 0.25) is 10.0 Å². The highest BCUT2D eigenvalue weighted by Crippen LogP contribution is 2.37. The van der Waals surface area contributed by atoms with Crippen molar-refractivity contribution in [2.45, 2.75) is 6.61 Å². The van der Waals surface area contributed by atoms with Gasteiger partial charge in [-0.05, 0) is 57.4 Å². The molecule has 0 atom stereocenters. The first-order chi connectivity index (χ1) is 11.4. The van der Waals surface area contributed by atoms with Gasteiger partial charge in [-0.1, -0.05) is 29.3 Å². The smallest absolute Gasteiger partial charge is 0.328 e. The van der Waals surface area contributed by atoms with E-state index in [1.54, 1.807) is 24.3 Å². The van der Waals surface area contributed by atoms with Crippen LogP contribution in [0.15, 0.2) is 40.9 Å². The lowest BCUT2D eigenvalue weighted by atomic mass is 10.2. The average molecular weight is 432 g/mol. The number of hydrogen-bond acceptors (Lipinski definition) is 3. The lowest BCUT2D eigenvalue weighted by molar-refractivity contribution is -0.131. The zero-order valence-corrected chi connectivity index (χ0v) is 15.7. The van der Waals surface area contributed by atoms with Crippen molar-refractivity contribution in [1.29, 1.82) is 0 Å². The molecule has 0 radical (unpaired) electrons. The van der Waals surface area contributed by atoms with E-state index in [1.165, 1.54) is 13.2 Å². The number of carbonyl (C=O) groups is 1. The second-order valence-electron chi connectivity index (χ2n) is 4.74. The lowest BCUT2D eigenvalue weighted by Gasteiger charge is -2.14. The molecule has 1 N–H and O–H groups in total. The van der Waals surface area contributed by atoms with E-state index in [4.69, 9.17) is 37.8 Å². The molecule has 0 saturated carbocycles. The van der Waals surface area contributed by atoms with E-state index >= 15 is 0 Å². The maximum Gasteiger partial charge on any atom is 0.328 e. The Labute approximate surface area is 157 Å². The standard InChI is InChI=1S/C17H13BrCl2O4/c1-23-15-8-10(3-5-16(21)22)6-12(18)17(15)24-9-11-2-4-13(19)14(20)7-11/h2-8H,9H2,1H3,(H,21,22)/b5-3+. The Morgan fingerprint density at radius 1 is 1.25 bits per heavy atom. The molecule has 4 nitrogen and oxygen atoms in total. The van der Waals surface area contributed by atoms with Crippen LogP contribution in [-0.2, 0) is 11.4 Å². The van der Waals surface area contributed by atoms with Crippen molar-refractivity contribution < 1.29 is 19.4 Å².